The molecule has 0 saturated heterocycles. The first-order chi connectivity index (χ1) is 15.7. The highest BCUT2D eigenvalue weighted by atomic mass is 16.5. The van der Waals surface area contributed by atoms with Crippen molar-refractivity contribution < 1.29 is 23.9 Å². The molecule has 0 unspecified atom stereocenters. The monoisotopic (exact) mass is 456 g/mol. The number of nitrogens with one attached hydrogen (secondary N) is 4. The zero-order valence-corrected chi connectivity index (χ0v) is 19.3. The van der Waals surface area contributed by atoms with Crippen LogP contribution in [0.15, 0.2) is 30.5 Å². The molecule has 0 radical (unpaired) electrons. The van der Waals surface area contributed by atoms with E-state index in [0.717, 1.165) is 16.5 Å². The summed E-state index contributed by atoms with van der Waals surface area (Å²) < 4.78 is 5.23. The van der Waals surface area contributed by atoms with E-state index in [1.54, 1.807) is 20.0 Å². The lowest BCUT2D eigenvalue weighted by atomic mass is 10.0. The van der Waals surface area contributed by atoms with Gasteiger partial charge in [-0.3, -0.25) is 14.4 Å². The zero-order chi connectivity index (χ0) is 24.4. The summed E-state index contributed by atoms with van der Waals surface area (Å²) in [7, 11) is 0. The molecule has 0 aliphatic heterocycles. The quantitative estimate of drug-likeness (QED) is 0.271. The van der Waals surface area contributed by atoms with E-state index in [4.69, 9.17) is 10.1 Å². The summed E-state index contributed by atoms with van der Waals surface area (Å²) >= 11 is 0. The molecule has 2 rings (SSSR count). The first-order valence-electron chi connectivity index (χ1n) is 11.1. The Morgan fingerprint density at radius 1 is 1.09 bits per heavy atom. The van der Waals surface area contributed by atoms with Gasteiger partial charge in [0, 0.05) is 36.4 Å². The van der Waals surface area contributed by atoms with Crippen molar-refractivity contribution in [3.05, 3.63) is 36.0 Å². The minimum atomic E-state index is -1.07. The highest BCUT2D eigenvalue weighted by Gasteiger charge is 2.29. The number of ketones is 1. The summed E-state index contributed by atoms with van der Waals surface area (Å²) in [5.74, 6) is -1.93. The smallest absolute Gasteiger partial charge is 0.328 e. The number of Topliss-reactive ketones (excluding diaryl/α,β-unsaturated/α-hetero) is 1. The van der Waals surface area contributed by atoms with Crippen molar-refractivity contribution >= 4 is 40.7 Å². The Balaban J connectivity index is 2.23. The van der Waals surface area contributed by atoms with Gasteiger partial charge in [0.15, 0.2) is 5.78 Å². The number of aromatic amines is 1. The second-order valence-electron chi connectivity index (χ2n) is 8.13. The number of aromatic nitrogens is 1. The molecular formula is C24H32N4O5. The van der Waals surface area contributed by atoms with Crippen molar-refractivity contribution in [1.82, 2.24) is 15.6 Å². The number of carbonyl (C=O) groups excluding carboxylic acids is 4. The molecular weight excluding hydrogens is 424 g/mol. The summed E-state index contributed by atoms with van der Waals surface area (Å²) in [6.45, 7) is 5.24. The molecule has 2 atom stereocenters. The number of H-pyrrole nitrogens is 1. The molecule has 178 valence electrons. The molecule has 0 fully saturated rings. The van der Waals surface area contributed by atoms with Crippen LogP contribution in [-0.4, -0.2) is 53.0 Å². The van der Waals surface area contributed by atoms with E-state index in [1.165, 1.54) is 0 Å². The van der Waals surface area contributed by atoms with Crippen molar-refractivity contribution in [3.8, 4) is 0 Å². The third-order valence-electron chi connectivity index (χ3n) is 5.02. The van der Waals surface area contributed by atoms with Gasteiger partial charge in [0.05, 0.1) is 12.3 Å². The summed E-state index contributed by atoms with van der Waals surface area (Å²) in [6.07, 6.45) is 3.09. The number of fused-ring (bicyclic) bond motifs is 1. The number of ether oxygens (including phenoxy) is 1. The summed E-state index contributed by atoms with van der Waals surface area (Å²) in [4.78, 5) is 52.7. The molecule has 9 nitrogen and oxygen atoms in total. The summed E-state index contributed by atoms with van der Waals surface area (Å²) in [5, 5.41) is 13.4. The fourth-order valence-corrected chi connectivity index (χ4v) is 3.42. The molecule has 33 heavy (non-hydrogen) atoms. The Morgan fingerprint density at radius 2 is 1.82 bits per heavy atom. The highest BCUT2D eigenvalue weighted by molar-refractivity contribution is 6.26. The van der Waals surface area contributed by atoms with Crippen molar-refractivity contribution in [3.63, 3.8) is 0 Å². The van der Waals surface area contributed by atoms with Crippen LogP contribution in [-0.2, 0) is 30.3 Å². The van der Waals surface area contributed by atoms with E-state index in [1.807, 2.05) is 31.2 Å². The maximum absolute atomic E-state index is 13.2. The molecule has 0 bridgehead atoms. The lowest BCUT2D eigenvalue weighted by Gasteiger charge is -2.23. The Morgan fingerprint density at radius 3 is 2.48 bits per heavy atom. The van der Waals surface area contributed by atoms with Crippen LogP contribution >= 0.6 is 0 Å². The Bertz CT molecular complexity index is 998. The van der Waals surface area contributed by atoms with Crippen LogP contribution in [0.5, 0.6) is 0 Å². The fourth-order valence-electron chi connectivity index (χ4n) is 3.42. The minimum absolute atomic E-state index is 0.00574. The van der Waals surface area contributed by atoms with Gasteiger partial charge in [-0.25, -0.2) is 4.79 Å². The second kappa shape index (κ2) is 12.5. The number of carbonyl (C=O) groups is 4. The van der Waals surface area contributed by atoms with E-state index in [0.29, 0.717) is 12.6 Å². The van der Waals surface area contributed by atoms with Gasteiger partial charge in [0.1, 0.15) is 12.1 Å². The van der Waals surface area contributed by atoms with E-state index in [9.17, 15) is 19.2 Å². The van der Waals surface area contributed by atoms with Crippen LogP contribution in [0.4, 0.5) is 0 Å². The van der Waals surface area contributed by atoms with Crippen LogP contribution in [0.2, 0.25) is 0 Å². The van der Waals surface area contributed by atoms with Crippen LogP contribution < -0.4 is 10.6 Å². The van der Waals surface area contributed by atoms with Crippen molar-refractivity contribution in [2.24, 2.45) is 0 Å². The Hall–Kier alpha value is -3.49. The van der Waals surface area contributed by atoms with Crippen LogP contribution in [0.25, 0.3) is 10.9 Å². The second-order valence-corrected chi connectivity index (χ2v) is 8.13. The van der Waals surface area contributed by atoms with E-state index in [-0.39, 0.29) is 31.6 Å². The molecule has 2 amide bonds. The average molecular weight is 457 g/mol. The molecule has 9 heteroatoms. The average Bonchev–Trinajstić information content (AvgIpc) is 3.18. The molecule has 1 heterocycles. The lowest BCUT2D eigenvalue weighted by molar-refractivity contribution is -0.151. The largest absolute Gasteiger partial charge is 0.461 e. The molecule has 1 aromatic heterocycles. The van der Waals surface area contributed by atoms with Crippen molar-refractivity contribution in [2.45, 2.75) is 71.1 Å². The lowest BCUT2D eigenvalue weighted by Crippen LogP contribution is -2.53. The number of esters is 1. The zero-order valence-electron chi connectivity index (χ0n) is 19.3. The highest BCUT2D eigenvalue weighted by Crippen LogP contribution is 2.19. The van der Waals surface area contributed by atoms with Gasteiger partial charge in [-0.05, 0) is 38.3 Å². The van der Waals surface area contributed by atoms with Crippen LogP contribution in [0.3, 0.4) is 0 Å². The van der Waals surface area contributed by atoms with Gasteiger partial charge in [0.25, 0.3) is 0 Å². The van der Waals surface area contributed by atoms with Crippen molar-refractivity contribution in [2.75, 3.05) is 0 Å². The molecule has 4 N–H and O–H groups in total. The van der Waals surface area contributed by atoms with Gasteiger partial charge < -0.3 is 25.8 Å². The third-order valence-corrected chi connectivity index (χ3v) is 5.02. The fraction of sp³-hybridized carbons (Fsp3) is 0.458. The predicted molar refractivity (Wildman–Crippen MR) is 125 cm³/mol. The number of amides is 2. The minimum Gasteiger partial charge on any atom is -0.461 e. The maximum atomic E-state index is 13.2. The third kappa shape index (κ3) is 7.85. The van der Waals surface area contributed by atoms with Crippen LogP contribution in [0, 0.1) is 5.41 Å². The Labute approximate surface area is 193 Å². The van der Waals surface area contributed by atoms with Crippen molar-refractivity contribution in [1.29, 1.82) is 5.41 Å². The summed E-state index contributed by atoms with van der Waals surface area (Å²) in [6, 6.07) is 5.64. The normalized spacial score (nSPS) is 12.7. The first kappa shape index (κ1) is 25.8. The van der Waals surface area contributed by atoms with E-state index >= 15 is 0 Å². The predicted octanol–water partition coefficient (Wildman–Crippen LogP) is 2.43. The molecule has 1 aromatic carbocycles. The molecule has 0 spiro atoms. The SMILES string of the molecule is CCCC(=O)N[C@@H](Cc1c[nH]c2ccccc12)C(=O)N[C@@H](CCC(=O)C=N)C(=O)OC(C)C. The van der Waals surface area contributed by atoms with Gasteiger partial charge in [-0.15, -0.1) is 0 Å². The summed E-state index contributed by atoms with van der Waals surface area (Å²) in [5.41, 5.74) is 1.76. The molecule has 0 saturated carbocycles. The molecule has 0 aliphatic rings. The van der Waals surface area contributed by atoms with Gasteiger partial charge in [-0.2, -0.15) is 0 Å². The van der Waals surface area contributed by atoms with Gasteiger partial charge >= 0.3 is 5.97 Å². The van der Waals surface area contributed by atoms with E-state index in [2.05, 4.69) is 15.6 Å². The number of rotatable bonds is 13. The maximum Gasteiger partial charge on any atom is 0.328 e. The number of benzene rings is 1. The molecule has 0 aliphatic carbocycles. The van der Waals surface area contributed by atoms with Gasteiger partial charge in [0.2, 0.25) is 11.8 Å². The number of hydrogen-bond acceptors (Lipinski definition) is 6. The van der Waals surface area contributed by atoms with Crippen LogP contribution in [0.1, 0.15) is 52.0 Å². The Kier molecular flexibility index (Phi) is 9.78. The topological polar surface area (TPSA) is 141 Å². The number of hydrogen-bond donors (Lipinski definition) is 4. The standard InChI is InChI=1S/C24H32N4O5/c1-4-7-22(30)27-21(12-16-14-26-19-9-6-5-8-18(16)19)23(31)28-20(11-10-17(29)13-25)24(32)33-15(2)3/h5-6,8-9,13-15,20-21,25-26H,4,7,10-12H2,1-3H3,(H,27,30)(H,28,31)/t20-,21-/m0/s1. The van der Waals surface area contributed by atoms with Gasteiger partial charge in [-0.1, -0.05) is 25.1 Å². The number of para-hydroxylation sites is 1. The first-order valence-corrected chi connectivity index (χ1v) is 11.1. The van der Waals surface area contributed by atoms with E-state index < -0.39 is 35.8 Å². The molecule has 2 aromatic rings.